The van der Waals surface area contributed by atoms with Crippen molar-refractivity contribution in [2.45, 2.75) is 19.3 Å². The fourth-order valence-electron chi connectivity index (χ4n) is 1.04. The Bertz CT molecular complexity index is 251. The summed E-state index contributed by atoms with van der Waals surface area (Å²) in [6.07, 6.45) is 0. The fourth-order valence-corrected chi connectivity index (χ4v) is 1.04. The Labute approximate surface area is 109 Å². The van der Waals surface area contributed by atoms with Crippen LogP contribution in [0.15, 0.2) is 24.3 Å². The first-order chi connectivity index (χ1) is 5.54. The molecular formula is C11H15ClMgO. The number of halogens is 1. The van der Waals surface area contributed by atoms with Gasteiger partial charge in [-0.3, -0.25) is 0 Å². The van der Waals surface area contributed by atoms with Crippen molar-refractivity contribution in [1.29, 1.82) is 0 Å². The minimum absolute atomic E-state index is 0. The van der Waals surface area contributed by atoms with Gasteiger partial charge in [0.1, 0.15) is 5.75 Å². The van der Waals surface area contributed by atoms with Gasteiger partial charge in [-0.05, 0) is 12.1 Å². The quantitative estimate of drug-likeness (QED) is 0.482. The Kier molecular flexibility index (Phi) is 7.71. The minimum Gasteiger partial charge on any atom is -1.00 e. The first kappa shape index (κ1) is 16.5. The summed E-state index contributed by atoms with van der Waals surface area (Å²) >= 11 is 0. The maximum atomic E-state index is 5.06. The second kappa shape index (κ2) is 6.54. The largest absolute Gasteiger partial charge is 2.00 e. The monoisotopic (exact) mass is 222 g/mol. The first-order valence-corrected chi connectivity index (χ1v) is 4.04. The molecule has 0 bridgehead atoms. The van der Waals surface area contributed by atoms with E-state index in [2.05, 4.69) is 20.8 Å². The van der Waals surface area contributed by atoms with E-state index in [-0.39, 0.29) is 40.9 Å². The molecule has 0 saturated heterocycles. The van der Waals surface area contributed by atoms with Crippen molar-refractivity contribution in [3.05, 3.63) is 36.8 Å². The zero-order valence-electron chi connectivity index (χ0n) is 9.01. The van der Waals surface area contributed by atoms with E-state index in [1.165, 1.54) is 5.56 Å². The van der Waals surface area contributed by atoms with Crippen LogP contribution in [0.3, 0.4) is 0 Å². The summed E-state index contributed by atoms with van der Waals surface area (Å²) < 4.78 is 5.06. The molecule has 0 aromatic heterocycles. The molecule has 0 saturated carbocycles. The molecule has 0 amide bonds. The molecule has 0 unspecified atom stereocenters. The van der Waals surface area contributed by atoms with Crippen LogP contribution in [0.25, 0.3) is 0 Å². The summed E-state index contributed by atoms with van der Waals surface area (Å²) in [4.78, 5) is 0. The van der Waals surface area contributed by atoms with E-state index in [1.54, 1.807) is 7.11 Å². The third kappa shape index (κ3) is 4.53. The molecule has 74 valence electrons. The van der Waals surface area contributed by atoms with Crippen LogP contribution >= 0.6 is 0 Å². The van der Waals surface area contributed by atoms with Gasteiger partial charge in [0.15, 0.2) is 0 Å². The second-order valence-electron chi connectivity index (χ2n) is 3.61. The van der Waals surface area contributed by atoms with E-state index in [1.807, 2.05) is 24.3 Å². The zero-order chi connectivity index (χ0) is 9.19. The molecule has 0 aliphatic carbocycles. The molecule has 0 heterocycles. The van der Waals surface area contributed by atoms with Crippen LogP contribution in [-0.4, -0.2) is 30.2 Å². The van der Waals surface area contributed by atoms with E-state index >= 15 is 0 Å². The van der Waals surface area contributed by atoms with Gasteiger partial charge in [-0.25, -0.2) is 0 Å². The summed E-state index contributed by atoms with van der Waals surface area (Å²) in [5.74, 6) is 0.892. The number of benzene rings is 1. The summed E-state index contributed by atoms with van der Waals surface area (Å²) in [5.41, 5.74) is 1.20. The average molecular weight is 223 g/mol. The van der Waals surface area contributed by atoms with Gasteiger partial charge in [-0.1, -0.05) is 31.5 Å². The second-order valence-corrected chi connectivity index (χ2v) is 3.61. The SMILES string of the molecule is [CH2-]C(C)(C)c1ccc(OC)cc1.[Cl-].[Mg+2]. The van der Waals surface area contributed by atoms with Crippen molar-refractivity contribution < 1.29 is 17.1 Å². The Hall–Kier alpha value is 0.0762. The molecule has 1 nitrogen and oxygen atoms in total. The number of rotatable bonds is 2. The first-order valence-electron chi connectivity index (χ1n) is 4.04. The van der Waals surface area contributed by atoms with Crippen molar-refractivity contribution in [1.82, 2.24) is 0 Å². The van der Waals surface area contributed by atoms with Crippen LogP contribution in [0.5, 0.6) is 5.75 Å². The Morgan fingerprint density at radius 3 is 1.86 bits per heavy atom. The number of ether oxygens (including phenoxy) is 1. The van der Waals surface area contributed by atoms with Gasteiger partial charge in [0.05, 0.1) is 7.11 Å². The molecule has 0 fully saturated rings. The van der Waals surface area contributed by atoms with Crippen LogP contribution in [0.2, 0.25) is 0 Å². The van der Waals surface area contributed by atoms with E-state index in [4.69, 9.17) is 4.74 Å². The van der Waals surface area contributed by atoms with Crippen molar-refractivity contribution in [3.8, 4) is 5.75 Å². The molecule has 0 radical (unpaired) electrons. The Morgan fingerprint density at radius 1 is 1.14 bits per heavy atom. The fraction of sp³-hybridized carbons (Fsp3) is 0.364. The third-order valence-electron chi connectivity index (χ3n) is 1.87. The molecule has 3 heteroatoms. The third-order valence-corrected chi connectivity index (χ3v) is 1.87. The Morgan fingerprint density at radius 2 is 1.57 bits per heavy atom. The maximum Gasteiger partial charge on any atom is 2.00 e. The number of methoxy groups -OCH3 is 1. The summed E-state index contributed by atoms with van der Waals surface area (Å²) in [5, 5.41) is 0. The van der Waals surface area contributed by atoms with Gasteiger partial charge in [0.25, 0.3) is 0 Å². The predicted molar refractivity (Wildman–Crippen MR) is 57.1 cm³/mol. The van der Waals surface area contributed by atoms with Gasteiger partial charge in [-0.2, -0.15) is 0 Å². The molecule has 14 heavy (non-hydrogen) atoms. The summed E-state index contributed by atoms with van der Waals surface area (Å²) in [6, 6.07) is 8.02. The van der Waals surface area contributed by atoms with Crippen LogP contribution < -0.4 is 17.1 Å². The van der Waals surface area contributed by atoms with E-state index in [0.717, 1.165) is 5.75 Å². The van der Waals surface area contributed by atoms with Crippen molar-refractivity contribution in [2.24, 2.45) is 0 Å². The van der Waals surface area contributed by atoms with Crippen molar-refractivity contribution in [2.75, 3.05) is 7.11 Å². The molecule has 0 atom stereocenters. The van der Waals surface area contributed by atoms with Gasteiger partial charge in [0.2, 0.25) is 0 Å². The Balaban J connectivity index is 0. The molecule has 0 aliphatic rings. The number of hydrogen-bond donors (Lipinski definition) is 0. The minimum atomic E-state index is -0.0216. The van der Waals surface area contributed by atoms with Crippen LogP contribution in [0.1, 0.15) is 19.4 Å². The zero-order valence-corrected chi connectivity index (χ0v) is 11.2. The van der Waals surface area contributed by atoms with Crippen molar-refractivity contribution in [3.63, 3.8) is 0 Å². The normalized spacial score (nSPS) is 9.71. The molecular weight excluding hydrogens is 208 g/mol. The smallest absolute Gasteiger partial charge is 1.00 e. The molecule has 1 aromatic rings. The molecule has 0 N–H and O–H groups in total. The van der Waals surface area contributed by atoms with E-state index in [9.17, 15) is 0 Å². The average Bonchev–Trinajstić information content (AvgIpc) is 2.03. The molecule has 1 aromatic carbocycles. The summed E-state index contributed by atoms with van der Waals surface area (Å²) in [7, 11) is 1.67. The van der Waals surface area contributed by atoms with Crippen LogP contribution in [-0.2, 0) is 5.41 Å². The van der Waals surface area contributed by atoms with Gasteiger partial charge in [-0.15, -0.1) is 5.41 Å². The van der Waals surface area contributed by atoms with Gasteiger partial charge >= 0.3 is 23.1 Å². The predicted octanol–water partition coefficient (Wildman–Crippen LogP) is -0.570. The van der Waals surface area contributed by atoms with Crippen molar-refractivity contribution >= 4 is 23.1 Å². The number of hydrogen-bond acceptors (Lipinski definition) is 1. The molecule has 0 spiro atoms. The van der Waals surface area contributed by atoms with Gasteiger partial charge in [0, 0.05) is 0 Å². The van der Waals surface area contributed by atoms with Gasteiger partial charge < -0.3 is 24.1 Å². The summed E-state index contributed by atoms with van der Waals surface area (Å²) in [6.45, 7) is 8.24. The maximum absolute atomic E-state index is 5.06. The topological polar surface area (TPSA) is 9.23 Å². The van der Waals surface area contributed by atoms with Crippen LogP contribution in [0.4, 0.5) is 0 Å². The standard InChI is InChI=1S/C11H15O.ClH.Mg/c1-11(2,3)9-5-7-10(12-4)8-6-9;;/h5-8H,1H2,2-4H3;1H;/q-1;;+2/p-1. The van der Waals surface area contributed by atoms with Crippen LogP contribution in [0, 0.1) is 6.92 Å². The van der Waals surface area contributed by atoms with E-state index in [0.29, 0.717) is 0 Å². The molecule has 1 rings (SSSR count). The molecule has 0 aliphatic heterocycles. The van der Waals surface area contributed by atoms with E-state index < -0.39 is 0 Å².